The van der Waals surface area contributed by atoms with Gasteiger partial charge in [0.1, 0.15) is 5.75 Å². The fourth-order valence-electron chi connectivity index (χ4n) is 4.65. The monoisotopic (exact) mass is 509 g/mol. The number of phenols is 1. The largest absolute Gasteiger partial charge is 0.508 e. The molecule has 3 aromatic carbocycles. The van der Waals surface area contributed by atoms with Gasteiger partial charge in [0.25, 0.3) is 0 Å². The van der Waals surface area contributed by atoms with Crippen molar-refractivity contribution in [1.29, 1.82) is 0 Å². The third-order valence-corrected chi connectivity index (χ3v) is 7.86. The van der Waals surface area contributed by atoms with Crippen LogP contribution in [0.5, 0.6) is 5.75 Å². The molecule has 3 aromatic rings. The average Bonchev–Trinajstić information content (AvgIpc) is 2.82. The molecule has 4 rings (SSSR count). The van der Waals surface area contributed by atoms with E-state index in [9.17, 15) is 29.4 Å². The third kappa shape index (κ3) is 5.25. The number of carbonyl (C=O) groups excluding carboxylic acids is 1. The summed E-state index contributed by atoms with van der Waals surface area (Å²) < 4.78 is 11.5. The number of aliphatic hydroxyl groups is 1. The minimum Gasteiger partial charge on any atom is -0.508 e. The van der Waals surface area contributed by atoms with Crippen molar-refractivity contribution in [2.24, 2.45) is 11.3 Å². The molecule has 4 N–H and O–H groups in total. The van der Waals surface area contributed by atoms with Crippen LogP contribution in [0.4, 0.5) is 5.69 Å². The number of phenolic OH excluding ortho intramolecular Hbond substituents is 1. The predicted molar refractivity (Wildman–Crippen MR) is 140 cm³/mol. The van der Waals surface area contributed by atoms with Crippen molar-refractivity contribution in [3.05, 3.63) is 78.4 Å². The Labute approximate surface area is 211 Å². The van der Waals surface area contributed by atoms with Gasteiger partial charge >= 0.3 is 7.60 Å². The molecule has 0 saturated carbocycles. The standard InChI is InChI=1S/C28H32NO6P/c1-28(2,3)25(31)16-15-23-26(29(27(23)32)20-7-5-4-6-8-20)22-14-11-19(17-24(22)30)18-9-12-21(13-10-18)36(33,34)35/h4-14,17,23,25-26,30-31H,15-16H2,1-3H3,(H2,33,34,35)/t23-,25+,26-/m1/s1. The third-order valence-electron chi connectivity index (χ3n) is 6.89. The fourth-order valence-corrected chi connectivity index (χ4v) is 5.19. The second kappa shape index (κ2) is 9.83. The van der Waals surface area contributed by atoms with Crippen LogP contribution in [0.2, 0.25) is 0 Å². The SMILES string of the molecule is CC(C)(C)[C@@H](O)CC[C@H]1C(=O)N(c2ccccc2)[C@@H]1c1ccc(-c2ccc(P(=O)(O)O)cc2)cc1O. The van der Waals surface area contributed by atoms with E-state index in [4.69, 9.17) is 0 Å². The fraction of sp³-hybridized carbons (Fsp3) is 0.321. The Morgan fingerprint density at radius 2 is 1.56 bits per heavy atom. The predicted octanol–water partition coefficient (Wildman–Crippen LogP) is 4.75. The molecule has 0 aromatic heterocycles. The molecular weight excluding hydrogens is 477 g/mol. The average molecular weight is 510 g/mol. The highest BCUT2D eigenvalue weighted by molar-refractivity contribution is 7.60. The smallest absolute Gasteiger partial charge is 0.356 e. The summed E-state index contributed by atoms with van der Waals surface area (Å²) in [5.74, 6) is -0.378. The number of β-lactam (4-membered cyclic amide) rings is 1. The van der Waals surface area contributed by atoms with Gasteiger partial charge in [-0.1, -0.05) is 63.2 Å². The van der Waals surface area contributed by atoms with Crippen molar-refractivity contribution in [2.75, 3.05) is 4.90 Å². The van der Waals surface area contributed by atoms with E-state index in [1.54, 1.807) is 29.2 Å². The van der Waals surface area contributed by atoms with Crippen LogP contribution >= 0.6 is 7.60 Å². The molecule has 8 heteroatoms. The molecule has 1 aliphatic heterocycles. The van der Waals surface area contributed by atoms with E-state index in [0.29, 0.717) is 29.5 Å². The summed E-state index contributed by atoms with van der Waals surface area (Å²) in [4.78, 5) is 33.6. The molecule has 0 spiro atoms. The van der Waals surface area contributed by atoms with E-state index in [2.05, 4.69) is 0 Å². The zero-order valence-electron chi connectivity index (χ0n) is 20.6. The molecular formula is C28H32NO6P. The molecule has 1 heterocycles. The van der Waals surface area contributed by atoms with Crippen LogP contribution in [0, 0.1) is 11.3 Å². The van der Waals surface area contributed by atoms with Gasteiger partial charge in [-0.25, -0.2) is 0 Å². The van der Waals surface area contributed by atoms with Crippen molar-refractivity contribution in [3.63, 3.8) is 0 Å². The quantitative estimate of drug-likeness (QED) is 0.270. The Morgan fingerprint density at radius 3 is 2.11 bits per heavy atom. The number of hydrogen-bond acceptors (Lipinski definition) is 4. The highest BCUT2D eigenvalue weighted by Gasteiger charge is 2.49. The van der Waals surface area contributed by atoms with Gasteiger partial charge in [-0.3, -0.25) is 9.36 Å². The van der Waals surface area contributed by atoms with Crippen LogP contribution < -0.4 is 10.2 Å². The van der Waals surface area contributed by atoms with Gasteiger partial charge in [0.05, 0.1) is 23.4 Å². The Hall–Kier alpha value is -2.96. The van der Waals surface area contributed by atoms with Crippen LogP contribution in [0.15, 0.2) is 72.8 Å². The Kier molecular flexibility index (Phi) is 7.13. The second-order valence-electron chi connectivity index (χ2n) is 10.4. The number of hydrogen-bond donors (Lipinski definition) is 4. The Morgan fingerprint density at radius 1 is 0.944 bits per heavy atom. The van der Waals surface area contributed by atoms with E-state index in [-0.39, 0.29) is 34.3 Å². The van der Waals surface area contributed by atoms with E-state index in [0.717, 1.165) is 5.69 Å². The molecule has 0 aliphatic carbocycles. The number of amides is 1. The lowest BCUT2D eigenvalue weighted by atomic mass is 9.76. The second-order valence-corrected chi connectivity index (χ2v) is 12.0. The number of carbonyl (C=O) groups is 1. The molecule has 1 amide bonds. The first kappa shape index (κ1) is 26.1. The Bertz CT molecular complexity index is 1280. The summed E-state index contributed by atoms with van der Waals surface area (Å²) in [6, 6.07) is 20.1. The van der Waals surface area contributed by atoms with Crippen LogP contribution in [0.3, 0.4) is 0 Å². The summed E-state index contributed by atoms with van der Waals surface area (Å²) >= 11 is 0. The number of para-hydroxylation sites is 1. The summed E-state index contributed by atoms with van der Waals surface area (Å²) in [7, 11) is -4.33. The summed E-state index contributed by atoms with van der Waals surface area (Å²) in [5, 5.41) is 21.5. The van der Waals surface area contributed by atoms with Gasteiger partial charge in [0.15, 0.2) is 0 Å². The van der Waals surface area contributed by atoms with Gasteiger partial charge in [0, 0.05) is 11.3 Å². The molecule has 1 fully saturated rings. The van der Waals surface area contributed by atoms with E-state index in [1.807, 2.05) is 57.2 Å². The Balaban J connectivity index is 1.64. The number of aliphatic hydroxyl groups excluding tert-OH is 1. The summed E-state index contributed by atoms with van der Waals surface area (Å²) in [6.07, 6.45) is 0.420. The molecule has 7 nitrogen and oxygen atoms in total. The van der Waals surface area contributed by atoms with Gasteiger partial charge in [0.2, 0.25) is 5.91 Å². The van der Waals surface area contributed by atoms with Gasteiger partial charge in [-0.15, -0.1) is 0 Å². The van der Waals surface area contributed by atoms with Crippen LogP contribution in [-0.4, -0.2) is 32.0 Å². The maximum absolute atomic E-state index is 13.2. The molecule has 1 saturated heterocycles. The number of aromatic hydroxyl groups is 1. The highest BCUT2D eigenvalue weighted by Crippen LogP contribution is 2.49. The molecule has 3 atom stereocenters. The van der Waals surface area contributed by atoms with Crippen LogP contribution in [0.25, 0.3) is 11.1 Å². The molecule has 36 heavy (non-hydrogen) atoms. The van der Waals surface area contributed by atoms with E-state index in [1.165, 1.54) is 12.1 Å². The number of rotatable bonds is 7. The highest BCUT2D eigenvalue weighted by atomic mass is 31.2. The van der Waals surface area contributed by atoms with Crippen LogP contribution in [-0.2, 0) is 9.36 Å². The molecule has 1 aliphatic rings. The van der Waals surface area contributed by atoms with Gasteiger partial charge in [-0.05, 0) is 59.7 Å². The van der Waals surface area contributed by atoms with Gasteiger partial charge < -0.3 is 24.9 Å². The zero-order valence-corrected chi connectivity index (χ0v) is 21.5. The number of nitrogens with zero attached hydrogens (tertiary/aromatic N) is 1. The van der Waals surface area contributed by atoms with E-state index < -0.39 is 13.7 Å². The van der Waals surface area contributed by atoms with E-state index >= 15 is 0 Å². The lowest BCUT2D eigenvalue weighted by molar-refractivity contribution is -0.131. The normalized spacial score (nSPS) is 19.2. The summed E-state index contributed by atoms with van der Waals surface area (Å²) in [5.41, 5.74) is 2.45. The lowest BCUT2D eigenvalue weighted by Crippen LogP contribution is -2.55. The van der Waals surface area contributed by atoms with Crippen molar-refractivity contribution in [3.8, 4) is 16.9 Å². The lowest BCUT2D eigenvalue weighted by Gasteiger charge is -2.48. The number of anilines is 1. The maximum atomic E-state index is 13.2. The number of benzene rings is 3. The first-order valence-electron chi connectivity index (χ1n) is 11.9. The molecule has 0 bridgehead atoms. The molecule has 190 valence electrons. The van der Waals surface area contributed by atoms with Crippen molar-refractivity contribution < 1.29 is 29.4 Å². The molecule has 0 radical (unpaired) electrons. The van der Waals surface area contributed by atoms with Crippen molar-refractivity contribution in [1.82, 2.24) is 0 Å². The topological polar surface area (TPSA) is 118 Å². The minimum absolute atomic E-state index is 0.0337. The molecule has 0 unspecified atom stereocenters. The first-order chi connectivity index (χ1) is 16.9. The summed E-state index contributed by atoms with van der Waals surface area (Å²) in [6.45, 7) is 5.89. The first-order valence-corrected chi connectivity index (χ1v) is 13.5. The maximum Gasteiger partial charge on any atom is 0.356 e. The zero-order chi connectivity index (χ0) is 26.3. The van der Waals surface area contributed by atoms with Crippen molar-refractivity contribution in [2.45, 2.75) is 45.8 Å². The van der Waals surface area contributed by atoms with Gasteiger partial charge in [-0.2, -0.15) is 0 Å². The van der Waals surface area contributed by atoms with Crippen LogP contribution in [0.1, 0.15) is 45.2 Å². The minimum atomic E-state index is -4.33. The van der Waals surface area contributed by atoms with Crippen molar-refractivity contribution >= 4 is 24.5 Å².